The van der Waals surface area contributed by atoms with E-state index >= 15 is 0 Å². The minimum absolute atomic E-state index is 0.0493. The third-order valence-corrected chi connectivity index (χ3v) is 5.87. The number of ether oxygens (including phenoxy) is 2. The molecule has 3 heterocycles. The summed E-state index contributed by atoms with van der Waals surface area (Å²) in [6, 6.07) is 14.2. The lowest BCUT2D eigenvalue weighted by molar-refractivity contribution is 0.0939. The highest BCUT2D eigenvalue weighted by molar-refractivity contribution is 5.97. The smallest absolute Gasteiger partial charge is 0.283 e. The van der Waals surface area contributed by atoms with Crippen LogP contribution in [0.1, 0.15) is 48.7 Å². The molecule has 0 amide bonds. The zero-order valence-electron chi connectivity index (χ0n) is 18.7. The van der Waals surface area contributed by atoms with E-state index in [1.54, 1.807) is 18.2 Å². The number of rotatable bonds is 3. The van der Waals surface area contributed by atoms with E-state index in [1.165, 1.54) is 12.3 Å². The molecule has 0 saturated carbocycles. The van der Waals surface area contributed by atoms with E-state index in [-0.39, 0.29) is 23.8 Å². The summed E-state index contributed by atoms with van der Waals surface area (Å²) in [5.41, 5.74) is 8.55. The van der Waals surface area contributed by atoms with E-state index in [0.29, 0.717) is 23.5 Å². The maximum Gasteiger partial charge on any atom is 0.283 e. The number of aliphatic imine (C=N–C) groups is 1. The summed E-state index contributed by atoms with van der Waals surface area (Å²) in [6.07, 6.45) is 1.90. The van der Waals surface area contributed by atoms with Gasteiger partial charge in [0.2, 0.25) is 5.95 Å². The zero-order valence-corrected chi connectivity index (χ0v) is 18.7. The van der Waals surface area contributed by atoms with Crippen molar-refractivity contribution in [1.29, 1.82) is 0 Å². The highest BCUT2D eigenvalue weighted by Gasteiger charge is 2.47. The maximum atomic E-state index is 13.3. The summed E-state index contributed by atoms with van der Waals surface area (Å²) >= 11 is 0. The fourth-order valence-electron chi connectivity index (χ4n) is 4.34. The van der Waals surface area contributed by atoms with Gasteiger partial charge in [-0.2, -0.15) is 4.39 Å². The molecule has 0 saturated heterocycles. The maximum absolute atomic E-state index is 13.3. The molecule has 168 valence electrons. The summed E-state index contributed by atoms with van der Waals surface area (Å²) in [5.74, 6) is 0.734. The molecule has 0 unspecified atom stereocenters. The molecule has 1 aromatic heterocycles. The third-order valence-electron chi connectivity index (χ3n) is 5.87. The Kier molecular flexibility index (Phi) is 4.74. The van der Waals surface area contributed by atoms with Gasteiger partial charge in [0.05, 0.1) is 0 Å². The number of halogens is 1. The minimum Gasteiger partial charge on any atom is -0.462 e. The van der Waals surface area contributed by atoms with Crippen LogP contribution in [0.25, 0.3) is 11.1 Å². The first kappa shape index (κ1) is 21.1. The van der Waals surface area contributed by atoms with Gasteiger partial charge in [-0.05, 0) is 53.4 Å². The second kappa shape index (κ2) is 7.40. The van der Waals surface area contributed by atoms with Gasteiger partial charge >= 0.3 is 0 Å². The molecule has 5 rings (SSSR count). The van der Waals surface area contributed by atoms with Crippen LogP contribution in [0, 0.1) is 11.4 Å². The first-order valence-electron chi connectivity index (χ1n) is 10.7. The average molecular weight is 445 g/mol. The SMILES string of the molecule is CC(C)(C)CC(=O)c1ccc2c(c1)[C@]1(COC(N)=N1)c1cc(-c3ccc(F)nc3)ccc1O2. The lowest BCUT2D eigenvalue weighted by Gasteiger charge is -2.34. The standard InChI is InChI=1S/C26H24FN3O3/c1-25(2,3)12-20(31)16-5-8-22-19(11-16)26(14-32-24(28)30-26)18-10-15(4-7-21(18)33-22)17-6-9-23(27)29-13-17/h4-11,13H,12,14H2,1-3H3,(H2,28,30)/t26-/m0/s1. The third kappa shape index (κ3) is 3.73. The lowest BCUT2D eigenvalue weighted by Crippen LogP contribution is -2.31. The highest BCUT2D eigenvalue weighted by atomic mass is 19.1. The van der Waals surface area contributed by atoms with Crippen molar-refractivity contribution >= 4 is 11.8 Å². The van der Waals surface area contributed by atoms with Crippen molar-refractivity contribution in [3.63, 3.8) is 0 Å². The van der Waals surface area contributed by atoms with Crippen LogP contribution in [0.2, 0.25) is 0 Å². The number of pyridine rings is 1. The fourth-order valence-corrected chi connectivity index (χ4v) is 4.34. The number of aromatic nitrogens is 1. The van der Waals surface area contributed by atoms with Crippen LogP contribution in [0.15, 0.2) is 59.7 Å². The van der Waals surface area contributed by atoms with E-state index in [2.05, 4.69) is 4.98 Å². The fraction of sp³-hybridized carbons (Fsp3) is 0.269. The molecular formula is C26H24FN3O3. The number of ketones is 1. The molecule has 3 aromatic rings. The summed E-state index contributed by atoms with van der Waals surface area (Å²) in [4.78, 5) is 21.4. The van der Waals surface area contributed by atoms with Crippen LogP contribution < -0.4 is 10.5 Å². The summed E-state index contributed by atoms with van der Waals surface area (Å²) in [5, 5.41) is 0. The van der Waals surface area contributed by atoms with Crippen LogP contribution in [-0.2, 0) is 10.3 Å². The Morgan fingerprint density at radius 2 is 1.76 bits per heavy atom. The van der Waals surface area contributed by atoms with E-state index in [1.807, 2.05) is 45.0 Å². The summed E-state index contributed by atoms with van der Waals surface area (Å²) in [6.45, 7) is 6.29. The molecule has 0 radical (unpaired) electrons. The van der Waals surface area contributed by atoms with Crippen molar-refractivity contribution in [2.45, 2.75) is 32.7 Å². The Morgan fingerprint density at radius 3 is 2.39 bits per heavy atom. The number of Topliss-reactive ketones (excluding diaryl/α,β-unsaturated/α-hetero) is 1. The topological polar surface area (TPSA) is 86.8 Å². The molecule has 1 spiro atoms. The van der Waals surface area contributed by atoms with Gasteiger partial charge in [-0.3, -0.25) is 4.79 Å². The molecule has 1 atom stereocenters. The minimum atomic E-state index is -0.950. The zero-order chi connectivity index (χ0) is 23.4. The number of hydrogen-bond donors (Lipinski definition) is 1. The monoisotopic (exact) mass is 445 g/mol. The Labute approximate surface area is 191 Å². The van der Waals surface area contributed by atoms with Crippen LogP contribution in [0.5, 0.6) is 11.5 Å². The molecule has 33 heavy (non-hydrogen) atoms. The molecule has 2 N–H and O–H groups in total. The number of nitrogens with two attached hydrogens (primary N) is 1. The molecule has 2 aliphatic heterocycles. The average Bonchev–Trinajstić information content (AvgIpc) is 3.15. The number of fused-ring (bicyclic) bond motifs is 4. The molecule has 0 aliphatic carbocycles. The molecular weight excluding hydrogens is 421 g/mol. The van der Waals surface area contributed by atoms with Gasteiger partial charge in [0.25, 0.3) is 6.02 Å². The number of hydrogen-bond acceptors (Lipinski definition) is 6. The second-order valence-electron chi connectivity index (χ2n) is 9.65. The summed E-state index contributed by atoms with van der Waals surface area (Å²) in [7, 11) is 0. The molecule has 2 aliphatic rings. The predicted molar refractivity (Wildman–Crippen MR) is 123 cm³/mol. The van der Waals surface area contributed by atoms with Gasteiger partial charge in [0.15, 0.2) is 11.3 Å². The van der Waals surface area contributed by atoms with Crippen LogP contribution in [0.3, 0.4) is 0 Å². The first-order chi connectivity index (χ1) is 15.6. The quantitative estimate of drug-likeness (QED) is 0.442. The van der Waals surface area contributed by atoms with Gasteiger partial charge in [0, 0.05) is 34.9 Å². The number of carbonyl (C=O) groups excluding carboxylic acids is 1. The molecule has 2 aromatic carbocycles. The first-order valence-corrected chi connectivity index (χ1v) is 10.7. The van der Waals surface area contributed by atoms with E-state index in [4.69, 9.17) is 20.2 Å². The second-order valence-corrected chi connectivity index (χ2v) is 9.65. The Morgan fingerprint density at radius 1 is 1.06 bits per heavy atom. The number of amidine groups is 1. The van der Waals surface area contributed by atoms with Crippen LogP contribution in [-0.4, -0.2) is 23.4 Å². The molecule has 0 fully saturated rings. The van der Waals surface area contributed by atoms with Gasteiger partial charge in [0.1, 0.15) is 18.1 Å². The van der Waals surface area contributed by atoms with E-state index < -0.39 is 11.5 Å². The number of benzene rings is 2. The summed E-state index contributed by atoms with van der Waals surface area (Å²) < 4.78 is 25.1. The Hall–Kier alpha value is -3.74. The van der Waals surface area contributed by atoms with Gasteiger partial charge in [-0.1, -0.05) is 26.8 Å². The molecule has 7 heteroatoms. The van der Waals surface area contributed by atoms with Crippen molar-refractivity contribution in [2.24, 2.45) is 16.1 Å². The van der Waals surface area contributed by atoms with Gasteiger partial charge in [-0.25, -0.2) is 9.98 Å². The van der Waals surface area contributed by atoms with Crippen molar-refractivity contribution in [3.05, 3.63) is 77.4 Å². The van der Waals surface area contributed by atoms with Crippen molar-refractivity contribution in [3.8, 4) is 22.6 Å². The van der Waals surface area contributed by atoms with Crippen molar-refractivity contribution < 1.29 is 18.7 Å². The predicted octanol–water partition coefficient (Wildman–Crippen LogP) is 5.20. The largest absolute Gasteiger partial charge is 0.462 e. The normalized spacial score (nSPS) is 18.7. The Bertz CT molecular complexity index is 1300. The van der Waals surface area contributed by atoms with Crippen molar-refractivity contribution in [2.75, 3.05) is 6.61 Å². The van der Waals surface area contributed by atoms with Crippen LogP contribution >= 0.6 is 0 Å². The molecule has 0 bridgehead atoms. The number of carbonyl (C=O) groups is 1. The highest BCUT2D eigenvalue weighted by Crippen LogP contribution is 2.52. The molecule has 6 nitrogen and oxygen atoms in total. The lowest BCUT2D eigenvalue weighted by atomic mass is 9.79. The number of nitrogens with zero attached hydrogens (tertiary/aromatic N) is 2. The van der Waals surface area contributed by atoms with Crippen LogP contribution in [0.4, 0.5) is 4.39 Å². The van der Waals surface area contributed by atoms with Gasteiger partial charge < -0.3 is 15.2 Å². The van der Waals surface area contributed by atoms with E-state index in [9.17, 15) is 9.18 Å². The Balaban J connectivity index is 1.65. The van der Waals surface area contributed by atoms with Crippen molar-refractivity contribution in [1.82, 2.24) is 4.98 Å². The van der Waals surface area contributed by atoms with E-state index in [0.717, 1.165) is 22.3 Å². The van der Waals surface area contributed by atoms with Gasteiger partial charge in [-0.15, -0.1) is 0 Å².